The van der Waals surface area contributed by atoms with E-state index in [1.54, 1.807) is 24.5 Å². The SMILES string of the molecule is O=C(CF)Nc1ccccc1-c1ccncc1. The molecule has 3 nitrogen and oxygen atoms in total. The highest BCUT2D eigenvalue weighted by molar-refractivity contribution is 5.96. The van der Waals surface area contributed by atoms with Crippen LogP contribution in [0, 0.1) is 0 Å². The predicted octanol–water partition coefficient (Wildman–Crippen LogP) is 2.66. The molecule has 0 aliphatic carbocycles. The van der Waals surface area contributed by atoms with Crippen LogP contribution in [0.15, 0.2) is 48.8 Å². The fourth-order valence-electron chi connectivity index (χ4n) is 1.56. The molecule has 0 aliphatic rings. The maximum Gasteiger partial charge on any atom is 0.255 e. The first-order valence-corrected chi connectivity index (χ1v) is 5.16. The average Bonchev–Trinajstić information content (AvgIpc) is 2.40. The van der Waals surface area contributed by atoms with E-state index in [2.05, 4.69) is 10.3 Å². The molecule has 0 bridgehead atoms. The Morgan fingerprint density at radius 3 is 2.59 bits per heavy atom. The molecule has 0 fully saturated rings. The summed E-state index contributed by atoms with van der Waals surface area (Å²) in [4.78, 5) is 15.0. The lowest BCUT2D eigenvalue weighted by Crippen LogP contribution is -2.13. The molecule has 1 heterocycles. The van der Waals surface area contributed by atoms with Crippen LogP contribution in [0.5, 0.6) is 0 Å². The van der Waals surface area contributed by atoms with Crippen molar-refractivity contribution in [2.45, 2.75) is 0 Å². The third-order valence-corrected chi connectivity index (χ3v) is 2.31. The number of alkyl halides is 1. The van der Waals surface area contributed by atoms with Crippen LogP contribution in [0.25, 0.3) is 11.1 Å². The first-order valence-electron chi connectivity index (χ1n) is 5.16. The molecule has 0 atom stereocenters. The number of para-hydroxylation sites is 1. The molecule has 1 aromatic carbocycles. The molecule has 1 amide bonds. The molecule has 1 aromatic heterocycles. The number of benzene rings is 1. The Morgan fingerprint density at radius 1 is 1.18 bits per heavy atom. The summed E-state index contributed by atoms with van der Waals surface area (Å²) in [7, 11) is 0. The van der Waals surface area contributed by atoms with Crippen molar-refractivity contribution in [3.8, 4) is 11.1 Å². The fourth-order valence-corrected chi connectivity index (χ4v) is 1.56. The van der Waals surface area contributed by atoms with Gasteiger partial charge in [0.15, 0.2) is 6.67 Å². The van der Waals surface area contributed by atoms with E-state index in [-0.39, 0.29) is 0 Å². The lowest BCUT2D eigenvalue weighted by molar-refractivity contribution is -0.117. The van der Waals surface area contributed by atoms with E-state index in [0.717, 1.165) is 11.1 Å². The van der Waals surface area contributed by atoms with Crippen LogP contribution >= 0.6 is 0 Å². The summed E-state index contributed by atoms with van der Waals surface area (Å²) in [5.41, 5.74) is 2.37. The second-order valence-corrected chi connectivity index (χ2v) is 3.46. The number of hydrogen-bond acceptors (Lipinski definition) is 2. The van der Waals surface area contributed by atoms with Crippen molar-refractivity contribution in [2.75, 3.05) is 12.0 Å². The zero-order valence-corrected chi connectivity index (χ0v) is 9.06. The number of carbonyl (C=O) groups excluding carboxylic acids is 1. The molecule has 0 saturated heterocycles. The summed E-state index contributed by atoms with van der Waals surface area (Å²) in [5.74, 6) is -0.647. The van der Waals surface area contributed by atoms with E-state index in [0.29, 0.717) is 5.69 Å². The number of nitrogens with zero attached hydrogens (tertiary/aromatic N) is 1. The summed E-state index contributed by atoms with van der Waals surface area (Å²) in [6.07, 6.45) is 3.34. The summed E-state index contributed by atoms with van der Waals surface area (Å²) < 4.78 is 12.2. The summed E-state index contributed by atoms with van der Waals surface area (Å²) >= 11 is 0. The van der Waals surface area contributed by atoms with Gasteiger partial charge in [-0.25, -0.2) is 4.39 Å². The van der Waals surface area contributed by atoms with Gasteiger partial charge in [-0.3, -0.25) is 9.78 Å². The summed E-state index contributed by atoms with van der Waals surface area (Å²) in [6, 6.07) is 10.9. The van der Waals surface area contributed by atoms with Gasteiger partial charge < -0.3 is 5.32 Å². The van der Waals surface area contributed by atoms with Gasteiger partial charge >= 0.3 is 0 Å². The number of hydrogen-bond donors (Lipinski definition) is 1. The molecule has 4 heteroatoms. The Morgan fingerprint density at radius 2 is 1.88 bits per heavy atom. The molecule has 2 rings (SSSR count). The third kappa shape index (κ3) is 2.66. The van der Waals surface area contributed by atoms with Crippen molar-refractivity contribution >= 4 is 11.6 Å². The van der Waals surface area contributed by atoms with Gasteiger partial charge in [0, 0.05) is 23.6 Å². The number of nitrogens with one attached hydrogen (secondary N) is 1. The van der Waals surface area contributed by atoms with Crippen LogP contribution in [-0.4, -0.2) is 17.6 Å². The lowest BCUT2D eigenvalue weighted by Gasteiger charge is -2.09. The molecular formula is C13H11FN2O. The van der Waals surface area contributed by atoms with Gasteiger partial charge in [-0.15, -0.1) is 0 Å². The highest BCUT2D eigenvalue weighted by Gasteiger charge is 2.07. The number of pyridine rings is 1. The van der Waals surface area contributed by atoms with Gasteiger partial charge in [-0.05, 0) is 23.8 Å². The highest BCUT2D eigenvalue weighted by Crippen LogP contribution is 2.26. The van der Waals surface area contributed by atoms with Crippen molar-refractivity contribution < 1.29 is 9.18 Å². The normalized spacial score (nSPS) is 9.94. The van der Waals surface area contributed by atoms with Crippen molar-refractivity contribution in [3.05, 3.63) is 48.8 Å². The predicted molar refractivity (Wildman–Crippen MR) is 64.3 cm³/mol. The van der Waals surface area contributed by atoms with Crippen molar-refractivity contribution in [1.29, 1.82) is 0 Å². The van der Waals surface area contributed by atoms with Gasteiger partial charge in [-0.1, -0.05) is 18.2 Å². The van der Waals surface area contributed by atoms with Gasteiger partial charge in [0.25, 0.3) is 5.91 Å². The van der Waals surface area contributed by atoms with E-state index in [1.807, 2.05) is 24.3 Å². The standard InChI is InChI=1S/C13H11FN2O/c14-9-13(17)16-12-4-2-1-3-11(12)10-5-7-15-8-6-10/h1-8H,9H2,(H,16,17). The van der Waals surface area contributed by atoms with Gasteiger partial charge in [-0.2, -0.15) is 0 Å². The third-order valence-electron chi connectivity index (χ3n) is 2.31. The molecule has 2 aromatic rings. The molecule has 1 N–H and O–H groups in total. The largest absolute Gasteiger partial charge is 0.323 e. The van der Waals surface area contributed by atoms with Gasteiger partial charge in [0.2, 0.25) is 0 Å². The molecule has 0 saturated carbocycles. The van der Waals surface area contributed by atoms with Crippen LogP contribution in [0.2, 0.25) is 0 Å². The van der Waals surface area contributed by atoms with Crippen LogP contribution in [0.4, 0.5) is 10.1 Å². The fraction of sp³-hybridized carbons (Fsp3) is 0.0769. The van der Waals surface area contributed by atoms with Crippen molar-refractivity contribution in [1.82, 2.24) is 4.98 Å². The molecule has 0 unspecified atom stereocenters. The molecule has 0 aliphatic heterocycles. The number of halogens is 1. The lowest BCUT2D eigenvalue weighted by atomic mass is 10.1. The van der Waals surface area contributed by atoms with Gasteiger partial charge in [0.1, 0.15) is 0 Å². The van der Waals surface area contributed by atoms with Crippen LogP contribution < -0.4 is 5.32 Å². The first kappa shape index (κ1) is 11.3. The van der Waals surface area contributed by atoms with E-state index in [9.17, 15) is 9.18 Å². The Kier molecular flexibility index (Phi) is 3.45. The molecule has 0 radical (unpaired) electrons. The second kappa shape index (κ2) is 5.21. The molecule has 86 valence electrons. The maximum atomic E-state index is 12.2. The molecule has 0 spiro atoms. The Hall–Kier alpha value is -2.23. The Bertz CT molecular complexity index is 514. The second-order valence-electron chi connectivity index (χ2n) is 3.46. The Balaban J connectivity index is 2.38. The zero-order chi connectivity index (χ0) is 12.1. The van der Waals surface area contributed by atoms with Crippen LogP contribution in [-0.2, 0) is 4.79 Å². The smallest absolute Gasteiger partial charge is 0.255 e. The van der Waals surface area contributed by atoms with E-state index in [4.69, 9.17) is 0 Å². The minimum Gasteiger partial charge on any atom is -0.323 e. The summed E-state index contributed by atoms with van der Waals surface area (Å²) in [5, 5.41) is 2.52. The number of aromatic nitrogens is 1. The summed E-state index contributed by atoms with van der Waals surface area (Å²) in [6.45, 7) is -1.02. The van der Waals surface area contributed by atoms with Gasteiger partial charge in [0.05, 0.1) is 0 Å². The minimum absolute atomic E-state index is 0.598. The highest BCUT2D eigenvalue weighted by atomic mass is 19.1. The average molecular weight is 230 g/mol. The van der Waals surface area contributed by atoms with Crippen molar-refractivity contribution in [3.63, 3.8) is 0 Å². The monoisotopic (exact) mass is 230 g/mol. The van der Waals surface area contributed by atoms with E-state index < -0.39 is 12.6 Å². The maximum absolute atomic E-state index is 12.2. The van der Waals surface area contributed by atoms with Crippen molar-refractivity contribution in [2.24, 2.45) is 0 Å². The number of amides is 1. The zero-order valence-electron chi connectivity index (χ0n) is 9.06. The number of anilines is 1. The molecule has 17 heavy (non-hydrogen) atoms. The quantitative estimate of drug-likeness (QED) is 0.880. The Labute approximate surface area is 98.3 Å². The number of rotatable bonds is 3. The van der Waals surface area contributed by atoms with E-state index in [1.165, 1.54) is 0 Å². The minimum atomic E-state index is -1.02. The van der Waals surface area contributed by atoms with E-state index >= 15 is 0 Å². The molecular weight excluding hydrogens is 219 g/mol. The van der Waals surface area contributed by atoms with Crippen LogP contribution in [0.3, 0.4) is 0 Å². The van der Waals surface area contributed by atoms with Crippen LogP contribution in [0.1, 0.15) is 0 Å². The topological polar surface area (TPSA) is 42.0 Å². The number of carbonyl (C=O) groups is 1. The first-order chi connectivity index (χ1) is 8.31.